The van der Waals surface area contributed by atoms with Gasteiger partial charge in [0.25, 0.3) is 10.1 Å². The van der Waals surface area contributed by atoms with Crippen molar-refractivity contribution in [2.75, 3.05) is 12.9 Å². The maximum atomic E-state index is 10.6. The zero-order valence-corrected chi connectivity index (χ0v) is 8.94. The van der Waals surface area contributed by atoms with Gasteiger partial charge in [-0.3, -0.25) is 4.18 Å². The second-order valence-electron chi connectivity index (χ2n) is 3.10. The molecule has 5 nitrogen and oxygen atoms in total. The first kappa shape index (κ1) is 12.0. The number of aliphatic hydroxyl groups is 1. The number of phenols is 1. The van der Waals surface area contributed by atoms with Gasteiger partial charge in [0.2, 0.25) is 0 Å². The lowest BCUT2D eigenvalue weighted by atomic mass is 10.1. The van der Waals surface area contributed by atoms with E-state index < -0.39 is 16.2 Å². The lowest BCUT2D eigenvalue weighted by molar-refractivity contribution is 0.112. The molecule has 1 unspecified atom stereocenters. The molecule has 15 heavy (non-hydrogen) atoms. The molecule has 1 atom stereocenters. The van der Waals surface area contributed by atoms with Gasteiger partial charge in [0.05, 0.1) is 12.9 Å². The third kappa shape index (κ3) is 4.28. The molecular weight excluding hydrogens is 220 g/mol. The third-order valence-corrected chi connectivity index (χ3v) is 2.28. The summed E-state index contributed by atoms with van der Waals surface area (Å²) in [6, 6.07) is 5.79. The predicted molar refractivity (Wildman–Crippen MR) is 53.9 cm³/mol. The molecule has 0 aliphatic rings. The van der Waals surface area contributed by atoms with E-state index in [1.54, 1.807) is 0 Å². The lowest BCUT2D eigenvalue weighted by Crippen LogP contribution is -2.11. The number of aromatic hydroxyl groups is 1. The van der Waals surface area contributed by atoms with Gasteiger partial charge in [-0.15, -0.1) is 0 Å². The highest BCUT2D eigenvalue weighted by Gasteiger charge is 2.11. The van der Waals surface area contributed by atoms with Crippen LogP contribution in [0.15, 0.2) is 24.3 Å². The zero-order chi connectivity index (χ0) is 11.5. The van der Waals surface area contributed by atoms with E-state index in [1.165, 1.54) is 24.3 Å². The Kier molecular flexibility index (Phi) is 3.67. The molecule has 0 aliphatic carbocycles. The third-order valence-electron chi connectivity index (χ3n) is 1.72. The van der Waals surface area contributed by atoms with Crippen LogP contribution in [0.25, 0.3) is 0 Å². The second-order valence-corrected chi connectivity index (χ2v) is 4.74. The summed E-state index contributed by atoms with van der Waals surface area (Å²) in [5.74, 6) is 0.0787. The number of hydrogen-bond acceptors (Lipinski definition) is 5. The minimum atomic E-state index is -3.54. The van der Waals surface area contributed by atoms with Crippen molar-refractivity contribution >= 4 is 10.1 Å². The fourth-order valence-electron chi connectivity index (χ4n) is 0.981. The molecule has 0 saturated carbocycles. The van der Waals surface area contributed by atoms with Crippen LogP contribution in [0.3, 0.4) is 0 Å². The predicted octanol–water partition coefficient (Wildman–Crippen LogP) is 0.402. The van der Waals surface area contributed by atoms with Crippen molar-refractivity contribution in [2.45, 2.75) is 6.10 Å². The molecule has 0 aliphatic heterocycles. The lowest BCUT2D eigenvalue weighted by Gasteiger charge is -2.10. The minimum absolute atomic E-state index is 0.0787. The molecule has 0 heterocycles. The monoisotopic (exact) mass is 232 g/mol. The largest absolute Gasteiger partial charge is 0.508 e. The van der Waals surface area contributed by atoms with Gasteiger partial charge in [0, 0.05) is 0 Å². The van der Waals surface area contributed by atoms with Crippen molar-refractivity contribution in [3.63, 3.8) is 0 Å². The highest BCUT2D eigenvalue weighted by molar-refractivity contribution is 7.85. The van der Waals surface area contributed by atoms with Crippen LogP contribution in [0, 0.1) is 0 Å². The maximum absolute atomic E-state index is 10.6. The molecule has 0 bridgehead atoms. The van der Waals surface area contributed by atoms with Gasteiger partial charge in [0.1, 0.15) is 11.9 Å². The Morgan fingerprint density at radius 1 is 1.33 bits per heavy atom. The summed E-state index contributed by atoms with van der Waals surface area (Å²) >= 11 is 0. The quantitative estimate of drug-likeness (QED) is 0.734. The SMILES string of the molecule is CS(=O)(=O)OCC(O)c1ccc(O)cc1. The van der Waals surface area contributed by atoms with Crippen molar-refractivity contribution < 1.29 is 22.8 Å². The molecule has 84 valence electrons. The summed E-state index contributed by atoms with van der Waals surface area (Å²) in [6.45, 7) is -0.330. The first-order valence-corrected chi connectivity index (χ1v) is 6.01. The van der Waals surface area contributed by atoms with Gasteiger partial charge in [0.15, 0.2) is 0 Å². The first-order chi connectivity index (χ1) is 6.88. The van der Waals surface area contributed by atoms with Crippen LogP contribution >= 0.6 is 0 Å². The molecule has 0 radical (unpaired) electrons. The summed E-state index contributed by atoms with van der Waals surface area (Å²) in [4.78, 5) is 0. The van der Waals surface area contributed by atoms with Crippen LogP contribution < -0.4 is 0 Å². The van der Waals surface area contributed by atoms with E-state index in [0.29, 0.717) is 5.56 Å². The number of aliphatic hydroxyl groups excluding tert-OH is 1. The topological polar surface area (TPSA) is 83.8 Å². The van der Waals surface area contributed by atoms with Crippen molar-refractivity contribution in [1.82, 2.24) is 0 Å². The van der Waals surface area contributed by atoms with E-state index in [-0.39, 0.29) is 12.4 Å². The van der Waals surface area contributed by atoms with Gasteiger partial charge in [-0.05, 0) is 17.7 Å². The molecule has 1 aromatic rings. The van der Waals surface area contributed by atoms with E-state index in [1.807, 2.05) is 0 Å². The standard InChI is InChI=1S/C9H12O5S/c1-15(12,13)14-6-9(11)7-2-4-8(10)5-3-7/h2-5,9-11H,6H2,1H3. The van der Waals surface area contributed by atoms with Gasteiger partial charge >= 0.3 is 0 Å². The molecule has 0 amide bonds. The van der Waals surface area contributed by atoms with Crippen molar-refractivity contribution in [1.29, 1.82) is 0 Å². The number of rotatable bonds is 4. The van der Waals surface area contributed by atoms with E-state index in [2.05, 4.69) is 4.18 Å². The molecule has 1 rings (SSSR count). The Morgan fingerprint density at radius 2 is 1.87 bits per heavy atom. The van der Waals surface area contributed by atoms with E-state index in [9.17, 15) is 13.5 Å². The van der Waals surface area contributed by atoms with Gasteiger partial charge < -0.3 is 10.2 Å². The molecule has 0 saturated heterocycles. The van der Waals surface area contributed by atoms with Gasteiger partial charge in [-0.2, -0.15) is 8.42 Å². The van der Waals surface area contributed by atoms with Crippen LogP contribution in [0.4, 0.5) is 0 Å². The molecule has 0 spiro atoms. The van der Waals surface area contributed by atoms with Crippen molar-refractivity contribution in [2.24, 2.45) is 0 Å². The average Bonchev–Trinajstić information content (AvgIpc) is 2.14. The summed E-state index contributed by atoms with van der Waals surface area (Å²) in [5.41, 5.74) is 0.483. The normalized spacial score (nSPS) is 13.7. The van der Waals surface area contributed by atoms with Crippen molar-refractivity contribution in [3.05, 3.63) is 29.8 Å². The Bertz CT molecular complexity index is 409. The highest BCUT2D eigenvalue weighted by Crippen LogP contribution is 2.17. The molecule has 0 aromatic heterocycles. The molecule has 1 aromatic carbocycles. The van der Waals surface area contributed by atoms with Crippen LogP contribution in [0.5, 0.6) is 5.75 Å². The fraction of sp³-hybridized carbons (Fsp3) is 0.333. The van der Waals surface area contributed by atoms with Gasteiger partial charge in [-0.25, -0.2) is 0 Å². The summed E-state index contributed by atoms with van der Waals surface area (Å²) in [7, 11) is -3.54. The smallest absolute Gasteiger partial charge is 0.264 e. The maximum Gasteiger partial charge on any atom is 0.264 e. The Morgan fingerprint density at radius 3 is 2.33 bits per heavy atom. The molecule has 2 N–H and O–H groups in total. The number of phenolic OH excluding ortho intramolecular Hbond substituents is 1. The fourth-order valence-corrected chi connectivity index (χ4v) is 1.36. The Balaban J connectivity index is 2.61. The van der Waals surface area contributed by atoms with Crippen LogP contribution in [0.1, 0.15) is 11.7 Å². The van der Waals surface area contributed by atoms with Crippen molar-refractivity contribution in [3.8, 4) is 5.75 Å². The summed E-state index contributed by atoms with van der Waals surface area (Å²) in [5, 5.41) is 18.5. The minimum Gasteiger partial charge on any atom is -0.508 e. The van der Waals surface area contributed by atoms with Crippen LogP contribution in [0.2, 0.25) is 0 Å². The molecule has 6 heteroatoms. The average molecular weight is 232 g/mol. The number of hydrogen-bond donors (Lipinski definition) is 2. The van der Waals surface area contributed by atoms with E-state index >= 15 is 0 Å². The van der Waals surface area contributed by atoms with Crippen LogP contribution in [-0.4, -0.2) is 31.5 Å². The number of benzene rings is 1. The van der Waals surface area contributed by atoms with Gasteiger partial charge in [-0.1, -0.05) is 12.1 Å². The zero-order valence-electron chi connectivity index (χ0n) is 8.12. The highest BCUT2D eigenvalue weighted by atomic mass is 32.2. The summed E-state index contributed by atoms with van der Waals surface area (Å²) in [6.07, 6.45) is -0.114. The van der Waals surface area contributed by atoms with Crippen LogP contribution in [-0.2, 0) is 14.3 Å². The van der Waals surface area contributed by atoms with E-state index in [4.69, 9.17) is 5.11 Å². The molecule has 0 fully saturated rings. The Hall–Kier alpha value is -1.11. The first-order valence-electron chi connectivity index (χ1n) is 4.20. The van der Waals surface area contributed by atoms with E-state index in [0.717, 1.165) is 6.26 Å². The Labute approximate surface area is 88.1 Å². The molecular formula is C9H12O5S. The summed E-state index contributed by atoms with van der Waals surface area (Å²) < 4.78 is 25.7. The second kappa shape index (κ2) is 4.61.